The summed E-state index contributed by atoms with van der Waals surface area (Å²) in [6.45, 7) is 0. The molecule has 0 aliphatic carbocycles. The second kappa shape index (κ2) is 34.2. The van der Waals surface area contributed by atoms with Crippen molar-refractivity contribution in [2.75, 3.05) is 0 Å². The van der Waals surface area contributed by atoms with Gasteiger partial charge in [0.15, 0.2) is 0 Å². The maximum Gasteiger partial charge on any atom is 0.303 e. The second-order valence-electron chi connectivity index (χ2n) is 13.9. The Balaban J connectivity index is 2.03. The number of aldehydes is 1. The topological polar surface area (TPSA) is 91.7 Å². The molecule has 0 fully saturated rings. The minimum atomic E-state index is -0.685. The first kappa shape index (κ1) is 44.8. The van der Waals surface area contributed by atoms with Crippen LogP contribution in [0.5, 0.6) is 0 Å². The van der Waals surface area contributed by atoms with E-state index in [2.05, 4.69) is 66.8 Å². The van der Waals surface area contributed by atoms with Gasteiger partial charge in [-0.15, -0.1) is 0 Å². The van der Waals surface area contributed by atoms with E-state index in [1.165, 1.54) is 88.2 Å². The van der Waals surface area contributed by atoms with Crippen molar-refractivity contribution < 1.29 is 24.6 Å². The highest BCUT2D eigenvalue weighted by molar-refractivity contribution is 5.75. The summed E-state index contributed by atoms with van der Waals surface area (Å²) in [5.74, 6) is -1.37. The van der Waals surface area contributed by atoms with Gasteiger partial charge in [0, 0.05) is 18.4 Å². The Hall–Kier alpha value is -3.21. The minimum absolute atomic E-state index is 0.301. The summed E-state index contributed by atoms with van der Waals surface area (Å²) in [5.41, 5.74) is 3.43. The molecule has 50 heavy (non-hydrogen) atoms. The number of rotatable bonds is 35. The molecule has 0 saturated carbocycles. The molecule has 0 aliphatic rings. The van der Waals surface area contributed by atoms with E-state index in [1.54, 1.807) is 0 Å². The third-order valence-corrected chi connectivity index (χ3v) is 9.12. The zero-order valence-electron chi connectivity index (χ0n) is 31.3. The van der Waals surface area contributed by atoms with Gasteiger partial charge < -0.3 is 10.2 Å². The molecule has 0 aliphatic heterocycles. The van der Waals surface area contributed by atoms with E-state index in [-0.39, 0.29) is 0 Å². The highest BCUT2D eigenvalue weighted by Gasteiger charge is 2.03. The Bertz CT molecular complexity index is 1030. The molecular weight excluding hydrogens is 620 g/mol. The number of carboxylic acid groups (broad SMARTS) is 2. The summed E-state index contributed by atoms with van der Waals surface area (Å²) >= 11 is 0. The lowest BCUT2D eigenvalue weighted by Crippen LogP contribution is -1.94. The summed E-state index contributed by atoms with van der Waals surface area (Å²) in [7, 11) is 0. The third kappa shape index (κ3) is 30.8. The molecule has 0 atom stereocenters. The fraction of sp³-hybridized carbons (Fsp3) is 0.622. The Labute approximate surface area is 305 Å². The monoisotopic (exact) mass is 691 g/mol. The first-order valence-corrected chi connectivity index (χ1v) is 20.1. The van der Waals surface area contributed by atoms with E-state index >= 15 is 0 Å². The highest BCUT2D eigenvalue weighted by Crippen LogP contribution is 2.17. The van der Waals surface area contributed by atoms with Gasteiger partial charge in [-0.05, 0) is 126 Å². The summed E-state index contributed by atoms with van der Waals surface area (Å²) in [6, 6.07) is 6.47. The van der Waals surface area contributed by atoms with Gasteiger partial charge in [0.1, 0.15) is 6.29 Å². The highest BCUT2D eigenvalue weighted by atomic mass is 16.4. The van der Waals surface area contributed by atoms with Gasteiger partial charge >= 0.3 is 11.9 Å². The normalized spacial score (nSPS) is 11.9. The number of carbonyl (C=O) groups excluding carboxylic acids is 1. The number of allylic oxidation sites excluding steroid dienone is 8. The standard InChI is InChI=1S/C45H70O5/c46-40-43-38-41(33-29-25-21-17-13-9-5-1-3-7-11-15-19-23-27-31-35-44(47)48)37-42(39-43)34-30-26-22-18-14-10-6-2-4-8-12-16-20-24-28-32-36-45(49)50/h3-10,37-40H,1-2,11-36H2,(H,47,48)(H,49,50)/b7-3-,8-4-,9-5-,10-6-. The summed E-state index contributed by atoms with van der Waals surface area (Å²) in [5, 5.41) is 17.3. The van der Waals surface area contributed by atoms with E-state index < -0.39 is 11.9 Å². The Morgan fingerprint density at radius 3 is 1.08 bits per heavy atom. The van der Waals surface area contributed by atoms with Gasteiger partial charge in [0.05, 0.1) is 0 Å². The van der Waals surface area contributed by atoms with E-state index in [0.29, 0.717) is 12.8 Å². The molecule has 5 heteroatoms. The van der Waals surface area contributed by atoms with Crippen LogP contribution in [0.15, 0.2) is 66.8 Å². The van der Waals surface area contributed by atoms with Crippen LogP contribution in [-0.4, -0.2) is 28.4 Å². The number of carbonyl (C=O) groups is 3. The van der Waals surface area contributed by atoms with Crippen LogP contribution >= 0.6 is 0 Å². The number of aliphatic carboxylic acids is 2. The molecule has 0 saturated heterocycles. The van der Waals surface area contributed by atoms with Crippen LogP contribution in [0.25, 0.3) is 0 Å². The van der Waals surface area contributed by atoms with E-state index in [1.807, 2.05) is 0 Å². The molecular formula is C45H70O5. The SMILES string of the molecule is O=Cc1cc(CCCCCC/C=C\C/C=C\CCCCCCCC(=O)O)cc(CCCCCC/C=C\C/C=C\CCCCCCCC(=O)O)c1. The van der Waals surface area contributed by atoms with Gasteiger partial charge in [0.2, 0.25) is 0 Å². The van der Waals surface area contributed by atoms with Gasteiger partial charge in [-0.3, -0.25) is 14.4 Å². The van der Waals surface area contributed by atoms with Crippen molar-refractivity contribution in [2.45, 2.75) is 180 Å². The Morgan fingerprint density at radius 1 is 0.420 bits per heavy atom. The van der Waals surface area contributed by atoms with Crippen molar-refractivity contribution in [2.24, 2.45) is 0 Å². The van der Waals surface area contributed by atoms with Crippen LogP contribution in [0, 0.1) is 0 Å². The van der Waals surface area contributed by atoms with E-state index in [0.717, 1.165) is 102 Å². The molecule has 0 unspecified atom stereocenters. The predicted octanol–water partition coefficient (Wildman–Crippen LogP) is 13.1. The third-order valence-electron chi connectivity index (χ3n) is 9.12. The molecule has 0 spiro atoms. The molecule has 1 rings (SSSR count). The zero-order chi connectivity index (χ0) is 36.2. The first-order chi connectivity index (χ1) is 24.5. The van der Waals surface area contributed by atoms with Crippen molar-refractivity contribution >= 4 is 18.2 Å². The predicted molar refractivity (Wildman–Crippen MR) is 211 cm³/mol. The molecule has 0 aromatic heterocycles. The number of unbranched alkanes of at least 4 members (excludes halogenated alkanes) is 18. The fourth-order valence-corrected chi connectivity index (χ4v) is 6.19. The maximum atomic E-state index is 11.6. The van der Waals surface area contributed by atoms with E-state index in [4.69, 9.17) is 10.2 Å². The van der Waals surface area contributed by atoms with Crippen LogP contribution in [0.3, 0.4) is 0 Å². The number of carboxylic acids is 2. The molecule has 280 valence electrons. The number of benzene rings is 1. The van der Waals surface area contributed by atoms with Crippen molar-refractivity contribution in [1.82, 2.24) is 0 Å². The molecule has 5 nitrogen and oxygen atoms in total. The smallest absolute Gasteiger partial charge is 0.303 e. The van der Waals surface area contributed by atoms with Gasteiger partial charge in [-0.2, -0.15) is 0 Å². The van der Waals surface area contributed by atoms with Gasteiger partial charge in [0.25, 0.3) is 0 Å². The maximum absolute atomic E-state index is 11.6. The number of hydrogen-bond donors (Lipinski definition) is 2. The summed E-state index contributed by atoms with van der Waals surface area (Å²) < 4.78 is 0. The Kier molecular flexibility index (Phi) is 30.7. The lowest BCUT2D eigenvalue weighted by molar-refractivity contribution is -0.138. The summed E-state index contributed by atoms with van der Waals surface area (Å²) in [6.07, 6.45) is 48.9. The average Bonchev–Trinajstić information content (AvgIpc) is 3.10. The average molecular weight is 691 g/mol. The molecule has 0 amide bonds. The molecule has 0 heterocycles. The molecule has 0 radical (unpaired) electrons. The largest absolute Gasteiger partial charge is 0.481 e. The van der Waals surface area contributed by atoms with Crippen LogP contribution in [0.1, 0.15) is 188 Å². The first-order valence-electron chi connectivity index (χ1n) is 20.1. The Morgan fingerprint density at radius 2 is 0.740 bits per heavy atom. The lowest BCUT2D eigenvalue weighted by atomic mass is 9.97. The quantitative estimate of drug-likeness (QED) is 0.0420. The number of hydrogen-bond acceptors (Lipinski definition) is 3. The molecule has 1 aromatic carbocycles. The fourth-order valence-electron chi connectivity index (χ4n) is 6.19. The van der Waals surface area contributed by atoms with Crippen molar-refractivity contribution in [3.05, 3.63) is 83.5 Å². The summed E-state index contributed by atoms with van der Waals surface area (Å²) in [4.78, 5) is 32.6. The minimum Gasteiger partial charge on any atom is -0.481 e. The molecule has 2 N–H and O–H groups in total. The second-order valence-corrected chi connectivity index (χ2v) is 13.9. The molecule has 1 aromatic rings. The zero-order valence-corrected chi connectivity index (χ0v) is 31.3. The van der Waals surface area contributed by atoms with Crippen LogP contribution in [0.2, 0.25) is 0 Å². The van der Waals surface area contributed by atoms with Crippen LogP contribution in [0.4, 0.5) is 0 Å². The van der Waals surface area contributed by atoms with Crippen LogP contribution in [-0.2, 0) is 22.4 Å². The van der Waals surface area contributed by atoms with Gasteiger partial charge in [-0.25, -0.2) is 0 Å². The van der Waals surface area contributed by atoms with Crippen LogP contribution < -0.4 is 0 Å². The van der Waals surface area contributed by atoms with Crippen molar-refractivity contribution in [1.29, 1.82) is 0 Å². The molecule has 0 bridgehead atoms. The van der Waals surface area contributed by atoms with Crippen molar-refractivity contribution in [3.8, 4) is 0 Å². The van der Waals surface area contributed by atoms with Crippen molar-refractivity contribution in [3.63, 3.8) is 0 Å². The van der Waals surface area contributed by atoms with E-state index in [9.17, 15) is 14.4 Å². The van der Waals surface area contributed by atoms with Gasteiger partial charge in [-0.1, -0.05) is 119 Å². The lowest BCUT2D eigenvalue weighted by Gasteiger charge is -2.08. The number of aryl methyl sites for hydroxylation is 2.